The largest absolute Gasteiger partial charge is 0.475 e. The predicted molar refractivity (Wildman–Crippen MR) is 73.1 cm³/mol. The average Bonchev–Trinajstić information content (AvgIpc) is 2.86. The lowest BCUT2D eigenvalue weighted by Crippen LogP contribution is -2.43. The summed E-state index contributed by atoms with van der Waals surface area (Å²) in [6.07, 6.45) is 2.67. The van der Waals surface area contributed by atoms with Crippen LogP contribution in [-0.4, -0.2) is 55.5 Å². The number of piperidine rings is 1. The molecular formula is C13H20N4O4. The fourth-order valence-corrected chi connectivity index (χ4v) is 2.21. The van der Waals surface area contributed by atoms with Crippen LogP contribution in [0, 0.1) is 0 Å². The van der Waals surface area contributed by atoms with Crippen molar-refractivity contribution in [1.82, 2.24) is 19.7 Å². The first-order valence-electron chi connectivity index (χ1n) is 6.88. The lowest BCUT2D eigenvalue weighted by atomic mass is 10.1. The van der Waals surface area contributed by atoms with Crippen LogP contribution in [0.3, 0.4) is 0 Å². The Morgan fingerprint density at radius 1 is 1.43 bits per heavy atom. The van der Waals surface area contributed by atoms with Crippen LogP contribution in [0.5, 0.6) is 0 Å². The number of nitrogens with zero attached hydrogens (tertiary/aromatic N) is 4. The molecule has 116 valence electrons. The van der Waals surface area contributed by atoms with E-state index in [1.807, 2.05) is 20.8 Å². The molecule has 1 aromatic heterocycles. The third-order valence-electron chi connectivity index (χ3n) is 3.12. The van der Waals surface area contributed by atoms with Gasteiger partial charge >= 0.3 is 12.1 Å². The third-order valence-corrected chi connectivity index (χ3v) is 3.12. The van der Waals surface area contributed by atoms with Crippen LogP contribution in [0.15, 0.2) is 6.33 Å². The second kappa shape index (κ2) is 5.71. The van der Waals surface area contributed by atoms with Gasteiger partial charge in [0.2, 0.25) is 0 Å². The number of carboxylic acids is 1. The van der Waals surface area contributed by atoms with Crippen LogP contribution < -0.4 is 0 Å². The first-order valence-corrected chi connectivity index (χ1v) is 6.88. The minimum Gasteiger partial charge on any atom is -0.475 e. The minimum absolute atomic E-state index is 0.0770. The van der Waals surface area contributed by atoms with Gasteiger partial charge in [-0.15, -0.1) is 5.10 Å². The molecule has 0 spiro atoms. The molecule has 8 nitrogen and oxygen atoms in total. The van der Waals surface area contributed by atoms with Gasteiger partial charge in [-0.05, 0) is 33.6 Å². The van der Waals surface area contributed by atoms with Crippen molar-refractivity contribution in [2.24, 2.45) is 0 Å². The van der Waals surface area contributed by atoms with Crippen molar-refractivity contribution in [3.05, 3.63) is 12.2 Å². The molecule has 0 radical (unpaired) electrons. The van der Waals surface area contributed by atoms with Crippen molar-refractivity contribution in [2.45, 2.75) is 45.3 Å². The maximum Gasteiger partial charge on any atom is 0.410 e. The first kappa shape index (κ1) is 15.3. The van der Waals surface area contributed by atoms with Gasteiger partial charge in [0.05, 0.1) is 6.04 Å². The molecule has 21 heavy (non-hydrogen) atoms. The van der Waals surface area contributed by atoms with E-state index in [1.165, 1.54) is 11.0 Å². The molecule has 1 fully saturated rings. The minimum atomic E-state index is -1.16. The Kier molecular flexibility index (Phi) is 4.15. The molecule has 2 heterocycles. The third kappa shape index (κ3) is 3.93. The number of carbonyl (C=O) groups excluding carboxylic acids is 1. The fraction of sp³-hybridized carbons (Fsp3) is 0.692. The first-order chi connectivity index (χ1) is 9.76. The highest BCUT2D eigenvalue weighted by Crippen LogP contribution is 2.22. The number of aromatic nitrogens is 3. The monoisotopic (exact) mass is 296 g/mol. The summed E-state index contributed by atoms with van der Waals surface area (Å²) in [6.45, 7) is 6.54. The highest BCUT2D eigenvalue weighted by atomic mass is 16.6. The zero-order chi connectivity index (χ0) is 15.6. The Morgan fingerprint density at radius 2 is 2.14 bits per heavy atom. The molecule has 1 aliphatic rings. The molecule has 1 aromatic rings. The molecule has 1 aliphatic heterocycles. The van der Waals surface area contributed by atoms with Gasteiger partial charge in [0.1, 0.15) is 11.9 Å². The van der Waals surface area contributed by atoms with E-state index >= 15 is 0 Å². The van der Waals surface area contributed by atoms with Gasteiger partial charge in [-0.1, -0.05) is 0 Å². The lowest BCUT2D eigenvalue weighted by Gasteiger charge is -2.33. The van der Waals surface area contributed by atoms with Crippen molar-refractivity contribution in [3.8, 4) is 0 Å². The fourth-order valence-electron chi connectivity index (χ4n) is 2.21. The summed E-state index contributed by atoms with van der Waals surface area (Å²) in [4.78, 5) is 28.2. The van der Waals surface area contributed by atoms with E-state index < -0.39 is 11.6 Å². The molecule has 1 N–H and O–H groups in total. The molecule has 0 bridgehead atoms. The SMILES string of the molecule is CC(C)(C)OC(=O)N1CCC[C@@H](n2cnc(C(=O)O)n2)C1. The van der Waals surface area contributed by atoms with Crippen LogP contribution in [0.2, 0.25) is 0 Å². The number of ether oxygens (including phenoxy) is 1. The molecule has 1 amide bonds. The van der Waals surface area contributed by atoms with Crippen LogP contribution in [0.4, 0.5) is 4.79 Å². The number of rotatable bonds is 2. The van der Waals surface area contributed by atoms with E-state index in [4.69, 9.17) is 9.84 Å². The lowest BCUT2D eigenvalue weighted by molar-refractivity contribution is 0.0166. The Morgan fingerprint density at radius 3 is 2.71 bits per heavy atom. The summed E-state index contributed by atoms with van der Waals surface area (Å²) in [7, 11) is 0. The van der Waals surface area contributed by atoms with Crippen LogP contribution in [0.1, 0.15) is 50.3 Å². The second-order valence-corrected chi connectivity index (χ2v) is 6.08. The average molecular weight is 296 g/mol. The predicted octanol–water partition coefficient (Wildman–Crippen LogP) is 1.55. The molecule has 0 unspecified atom stereocenters. The number of carbonyl (C=O) groups is 2. The number of carboxylic acid groups (broad SMARTS) is 1. The quantitative estimate of drug-likeness (QED) is 0.889. The highest BCUT2D eigenvalue weighted by Gasteiger charge is 2.29. The summed E-state index contributed by atoms with van der Waals surface area (Å²) in [5.41, 5.74) is -0.534. The molecule has 8 heteroatoms. The van der Waals surface area contributed by atoms with E-state index in [0.29, 0.717) is 13.1 Å². The number of hydrogen-bond acceptors (Lipinski definition) is 5. The van der Waals surface area contributed by atoms with Crippen molar-refractivity contribution >= 4 is 12.1 Å². The highest BCUT2D eigenvalue weighted by molar-refractivity contribution is 5.82. The van der Waals surface area contributed by atoms with E-state index in [2.05, 4.69) is 10.1 Å². The molecule has 1 saturated heterocycles. The van der Waals surface area contributed by atoms with Crippen LogP contribution in [-0.2, 0) is 4.74 Å². The molecule has 2 rings (SSSR count). The van der Waals surface area contributed by atoms with Crippen molar-refractivity contribution in [3.63, 3.8) is 0 Å². The van der Waals surface area contributed by atoms with Gasteiger partial charge in [-0.2, -0.15) is 0 Å². The molecule has 0 saturated carbocycles. The Labute approximate surface area is 122 Å². The van der Waals surface area contributed by atoms with Gasteiger partial charge in [0, 0.05) is 13.1 Å². The maximum atomic E-state index is 12.1. The van der Waals surface area contributed by atoms with Gasteiger partial charge in [-0.3, -0.25) is 0 Å². The zero-order valence-electron chi connectivity index (χ0n) is 12.4. The van der Waals surface area contributed by atoms with Gasteiger partial charge in [0.25, 0.3) is 5.82 Å². The number of hydrogen-bond donors (Lipinski definition) is 1. The smallest absolute Gasteiger partial charge is 0.410 e. The zero-order valence-corrected chi connectivity index (χ0v) is 12.4. The Hall–Kier alpha value is -2.12. The van der Waals surface area contributed by atoms with Crippen molar-refractivity contribution in [2.75, 3.05) is 13.1 Å². The Bertz CT molecular complexity index is 535. The summed E-state index contributed by atoms with van der Waals surface area (Å²) in [5.74, 6) is -1.39. The van der Waals surface area contributed by atoms with Gasteiger partial charge in [-0.25, -0.2) is 19.3 Å². The molecule has 0 aromatic carbocycles. The van der Waals surface area contributed by atoms with Crippen LogP contribution >= 0.6 is 0 Å². The number of aromatic carboxylic acids is 1. The van der Waals surface area contributed by atoms with E-state index in [1.54, 1.807) is 4.90 Å². The topological polar surface area (TPSA) is 97.6 Å². The molecule has 1 atom stereocenters. The van der Waals surface area contributed by atoms with Crippen LogP contribution in [0.25, 0.3) is 0 Å². The van der Waals surface area contributed by atoms with Gasteiger partial charge in [0.15, 0.2) is 0 Å². The van der Waals surface area contributed by atoms with E-state index in [9.17, 15) is 9.59 Å². The second-order valence-electron chi connectivity index (χ2n) is 6.08. The maximum absolute atomic E-state index is 12.1. The van der Waals surface area contributed by atoms with Crippen molar-refractivity contribution < 1.29 is 19.4 Å². The molecular weight excluding hydrogens is 276 g/mol. The summed E-state index contributed by atoms with van der Waals surface area (Å²) < 4.78 is 6.87. The number of amides is 1. The number of likely N-dealkylation sites (tertiary alicyclic amines) is 1. The normalized spacial score (nSPS) is 19.4. The van der Waals surface area contributed by atoms with E-state index in [-0.39, 0.29) is 18.0 Å². The Balaban J connectivity index is 2.03. The van der Waals surface area contributed by atoms with E-state index in [0.717, 1.165) is 12.8 Å². The summed E-state index contributed by atoms with van der Waals surface area (Å²) >= 11 is 0. The standard InChI is InChI=1S/C13H20N4O4/c1-13(2,3)21-12(20)16-6-4-5-9(7-16)17-8-14-10(15-17)11(18)19/h8-9H,4-7H2,1-3H3,(H,18,19)/t9-/m1/s1. The summed E-state index contributed by atoms with van der Waals surface area (Å²) in [5, 5.41) is 12.8. The van der Waals surface area contributed by atoms with Gasteiger partial charge < -0.3 is 14.7 Å². The van der Waals surface area contributed by atoms with Crippen molar-refractivity contribution in [1.29, 1.82) is 0 Å². The summed E-state index contributed by atoms with van der Waals surface area (Å²) in [6, 6.07) is -0.0770. The molecule has 0 aliphatic carbocycles.